The quantitative estimate of drug-likeness (QED) is 0.384. The lowest BCUT2D eigenvalue weighted by molar-refractivity contribution is -0.138. The molecule has 0 aromatic heterocycles. The summed E-state index contributed by atoms with van der Waals surface area (Å²) in [5.74, 6) is -0.170. The minimum absolute atomic E-state index is 0.0442. The first kappa shape index (κ1) is 24.6. The van der Waals surface area contributed by atoms with Gasteiger partial charge in [-0.05, 0) is 67.0 Å². The molecule has 0 bridgehead atoms. The van der Waals surface area contributed by atoms with Crippen molar-refractivity contribution < 1.29 is 37.1 Å². The topological polar surface area (TPSA) is 95.9 Å². The van der Waals surface area contributed by atoms with Crippen LogP contribution in [0, 0.1) is 5.92 Å². The van der Waals surface area contributed by atoms with E-state index in [9.17, 15) is 22.5 Å². The first-order chi connectivity index (χ1) is 14.9. The van der Waals surface area contributed by atoms with Crippen LogP contribution >= 0.6 is 7.60 Å². The van der Waals surface area contributed by atoms with Gasteiger partial charge in [0.25, 0.3) is 5.91 Å². The van der Waals surface area contributed by atoms with E-state index in [2.05, 4.69) is 12.2 Å². The number of halogens is 3. The van der Waals surface area contributed by atoms with Gasteiger partial charge in [0, 0.05) is 12.1 Å². The predicted molar refractivity (Wildman–Crippen MR) is 115 cm³/mol. The number of carbonyl (C=O) groups excluding carboxylic acids is 1. The zero-order valence-corrected chi connectivity index (χ0v) is 18.6. The summed E-state index contributed by atoms with van der Waals surface area (Å²) in [5, 5.41) is 2.73. The Labute approximate surface area is 184 Å². The average Bonchev–Trinajstić information content (AvgIpc) is 2.70. The smallest absolute Gasteiger partial charge is 0.420 e. The van der Waals surface area contributed by atoms with Crippen molar-refractivity contribution in [1.82, 2.24) is 5.32 Å². The normalized spacial score (nSPS) is 19.7. The predicted octanol–water partition coefficient (Wildman–Crippen LogP) is 5.11. The van der Waals surface area contributed by atoms with Crippen LogP contribution in [0.25, 0.3) is 10.8 Å². The van der Waals surface area contributed by atoms with Gasteiger partial charge in [-0.15, -0.1) is 0 Å². The van der Waals surface area contributed by atoms with E-state index >= 15 is 0 Å². The molecule has 6 nitrogen and oxygen atoms in total. The highest BCUT2D eigenvalue weighted by Gasteiger charge is 2.37. The first-order valence-corrected chi connectivity index (χ1v) is 12.4. The molecule has 10 heteroatoms. The first-order valence-electron chi connectivity index (χ1n) is 10.6. The van der Waals surface area contributed by atoms with Crippen LogP contribution in [0.2, 0.25) is 0 Å². The Hall–Kier alpha value is -2.09. The molecular weight excluding hydrogens is 446 g/mol. The van der Waals surface area contributed by atoms with Crippen LogP contribution in [0.4, 0.5) is 13.2 Å². The molecule has 176 valence electrons. The van der Waals surface area contributed by atoms with E-state index in [1.807, 2.05) is 0 Å². The molecule has 0 radical (unpaired) electrons. The van der Waals surface area contributed by atoms with E-state index in [4.69, 9.17) is 14.5 Å². The molecule has 2 aromatic carbocycles. The van der Waals surface area contributed by atoms with Crippen LogP contribution in [0.1, 0.15) is 54.9 Å². The number of fused-ring (bicyclic) bond motifs is 1. The van der Waals surface area contributed by atoms with Crippen molar-refractivity contribution in [3.8, 4) is 5.75 Å². The summed E-state index contributed by atoms with van der Waals surface area (Å²) in [5.41, 5.74) is -0.682. The van der Waals surface area contributed by atoms with Crippen molar-refractivity contribution in [2.24, 2.45) is 5.92 Å². The molecule has 1 amide bonds. The molecule has 1 aliphatic carbocycles. The minimum atomic E-state index is -4.62. The fourth-order valence-electron chi connectivity index (χ4n) is 3.96. The van der Waals surface area contributed by atoms with Gasteiger partial charge in [0.05, 0.1) is 12.3 Å². The van der Waals surface area contributed by atoms with Gasteiger partial charge in [0.2, 0.25) is 0 Å². The molecule has 0 aliphatic heterocycles. The number of hydrogen-bond acceptors (Lipinski definition) is 3. The van der Waals surface area contributed by atoms with Crippen LogP contribution in [0.5, 0.6) is 5.75 Å². The molecule has 1 fully saturated rings. The van der Waals surface area contributed by atoms with Gasteiger partial charge in [-0.1, -0.05) is 19.1 Å². The average molecular weight is 473 g/mol. The zero-order valence-electron chi connectivity index (χ0n) is 17.7. The molecule has 0 heterocycles. The molecule has 3 N–H and O–H groups in total. The van der Waals surface area contributed by atoms with E-state index in [1.165, 1.54) is 30.3 Å². The molecule has 2 aromatic rings. The number of nitrogens with one attached hydrogen (secondary N) is 1. The van der Waals surface area contributed by atoms with Gasteiger partial charge >= 0.3 is 13.8 Å². The van der Waals surface area contributed by atoms with Crippen LogP contribution in [-0.2, 0) is 10.7 Å². The maximum atomic E-state index is 13.9. The van der Waals surface area contributed by atoms with Crippen molar-refractivity contribution in [2.45, 2.75) is 51.3 Å². The number of alkyl halides is 3. The van der Waals surface area contributed by atoms with Crippen molar-refractivity contribution in [3.05, 3.63) is 41.5 Å². The second-order valence-electron chi connectivity index (χ2n) is 8.37. The van der Waals surface area contributed by atoms with E-state index in [0.29, 0.717) is 5.92 Å². The number of hydrogen-bond donors (Lipinski definition) is 3. The monoisotopic (exact) mass is 473 g/mol. The second-order valence-corrected chi connectivity index (χ2v) is 10.1. The van der Waals surface area contributed by atoms with Gasteiger partial charge in [-0.3, -0.25) is 9.36 Å². The second kappa shape index (κ2) is 9.81. The lowest BCUT2D eigenvalue weighted by Gasteiger charge is -2.28. The van der Waals surface area contributed by atoms with Crippen molar-refractivity contribution in [1.29, 1.82) is 0 Å². The van der Waals surface area contributed by atoms with Crippen LogP contribution in [-0.4, -0.2) is 34.5 Å². The lowest BCUT2D eigenvalue weighted by atomic mass is 9.89. The number of rotatable bonds is 7. The highest BCUT2D eigenvalue weighted by atomic mass is 31.2. The summed E-state index contributed by atoms with van der Waals surface area (Å²) in [6.07, 6.45) is -1.86. The largest absolute Gasteiger partial charge is 0.490 e. The molecule has 32 heavy (non-hydrogen) atoms. The zero-order chi connectivity index (χ0) is 23.5. The molecule has 0 unspecified atom stereocenters. The molecule has 1 aliphatic rings. The van der Waals surface area contributed by atoms with Crippen molar-refractivity contribution in [2.75, 3.05) is 12.7 Å². The maximum absolute atomic E-state index is 13.9. The molecule has 0 spiro atoms. The van der Waals surface area contributed by atoms with Crippen LogP contribution in [0.15, 0.2) is 30.3 Å². The standard InChI is InChI=1S/C22H27F3NO5P/c1-14-3-7-17(8-4-14)31-19-10-6-15-13-16(5-9-18(15)20(19)22(23,24)25)21(27)26-11-2-12-32(28,29)30/h5-6,9-10,13-14,17H,2-4,7-8,11-12H2,1H3,(H,26,27)(H2,28,29,30)/t14-,17+. The third kappa shape index (κ3) is 6.47. The summed E-state index contributed by atoms with van der Waals surface area (Å²) in [7, 11) is -4.14. The van der Waals surface area contributed by atoms with Gasteiger partial charge in [-0.2, -0.15) is 13.2 Å². The van der Waals surface area contributed by atoms with Crippen LogP contribution in [0.3, 0.4) is 0 Å². The summed E-state index contributed by atoms with van der Waals surface area (Å²) < 4.78 is 58.4. The number of ether oxygens (including phenoxy) is 1. The van der Waals surface area contributed by atoms with Crippen molar-refractivity contribution in [3.63, 3.8) is 0 Å². The summed E-state index contributed by atoms with van der Waals surface area (Å²) in [4.78, 5) is 30.0. The van der Waals surface area contributed by atoms with Crippen molar-refractivity contribution >= 4 is 24.3 Å². The molecule has 0 saturated heterocycles. The van der Waals surface area contributed by atoms with Crippen LogP contribution < -0.4 is 10.1 Å². The fourth-order valence-corrected chi connectivity index (χ4v) is 4.53. The third-order valence-electron chi connectivity index (χ3n) is 5.70. The fraction of sp³-hybridized carbons (Fsp3) is 0.500. The summed E-state index contributed by atoms with van der Waals surface area (Å²) in [6.45, 7) is 2.17. The Morgan fingerprint density at radius 1 is 1.16 bits per heavy atom. The van der Waals surface area contributed by atoms with E-state index in [-0.39, 0.29) is 47.3 Å². The maximum Gasteiger partial charge on any atom is 0.420 e. The highest BCUT2D eigenvalue weighted by Crippen LogP contribution is 2.42. The van der Waals surface area contributed by atoms with E-state index < -0.39 is 25.2 Å². The Morgan fingerprint density at radius 2 is 1.84 bits per heavy atom. The number of carbonyl (C=O) groups is 1. The summed E-state index contributed by atoms with van der Waals surface area (Å²) in [6, 6.07) is 6.76. The Bertz CT molecular complexity index is 1010. The highest BCUT2D eigenvalue weighted by molar-refractivity contribution is 7.51. The Balaban J connectivity index is 1.81. The van der Waals surface area contributed by atoms with Gasteiger partial charge in [0.15, 0.2) is 0 Å². The van der Waals surface area contributed by atoms with Gasteiger partial charge in [-0.25, -0.2) is 0 Å². The molecular formula is C22H27F3NO5P. The van der Waals surface area contributed by atoms with E-state index in [1.54, 1.807) is 0 Å². The molecule has 1 saturated carbocycles. The van der Waals surface area contributed by atoms with E-state index in [0.717, 1.165) is 25.7 Å². The number of amides is 1. The molecule has 3 rings (SSSR count). The minimum Gasteiger partial charge on any atom is -0.490 e. The summed E-state index contributed by atoms with van der Waals surface area (Å²) >= 11 is 0. The van der Waals surface area contributed by atoms with Gasteiger partial charge < -0.3 is 19.8 Å². The number of benzene rings is 2. The third-order valence-corrected chi connectivity index (χ3v) is 6.59. The Morgan fingerprint density at radius 3 is 2.47 bits per heavy atom. The van der Waals surface area contributed by atoms with Gasteiger partial charge in [0.1, 0.15) is 11.3 Å². The lowest BCUT2D eigenvalue weighted by Crippen LogP contribution is -2.25. The Kier molecular flexibility index (Phi) is 7.53. The molecule has 0 atom stereocenters. The SMILES string of the molecule is C[C@H]1CC[C@@H](Oc2ccc3cc(C(=O)NCCCP(=O)(O)O)ccc3c2C(F)(F)F)CC1.